The van der Waals surface area contributed by atoms with Crippen molar-refractivity contribution in [1.29, 1.82) is 0 Å². The molecule has 6 heteroatoms. The molecule has 0 aliphatic carbocycles. The van der Waals surface area contributed by atoms with Gasteiger partial charge in [0.25, 0.3) is 0 Å². The topological polar surface area (TPSA) is 20.7 Å². The highest BCUT2D eigenvalue weighted by atomic mass is 35.5. The zero-order valence-electron chi connectivity index (χ0n) is 9.45. The first-order chi connectivity index (χ1) is 9.08. The van der Waals surface area contributed by atoms with Crippen LogP contribution in [0.2, 0.25) is 5.02 Å². The van der Waals surface area contributed by atoms with Crippen molar-refractivity contribution in [1.82, 2.24) is 9.55 Å². The van der Waals surface area contributed by atoms with E-state index in [1.54, 1.807) is 6.07 Å². The van der Waals surface area contributed by atoms with Crippen LogP contribution in [0.25, 0.3) is 16.7 Å². The van der Waals surface area contributed by atoms with Gasteiger partial charge in [-0.1, -0.05) is 17.7 Å². The highest BCUT2D eigenvalue weighted by Gasteiger charge is 2.14. The number of halogens is 3. The lowest BCUT2D eigenvalue weighted by Gasteiger charge is -2.08. The van der Waals surface area contributed by atoms with E-state index >= 15 is 0 Å². The van der Waals surface area contributed by atoms with E-state index in [9.17, 15) is 8.78 Å². The summed E-state index contributed by atoms with van der Waals surface area (Å²) in [4.78, 5) is 2.83. The van der Waals surface area contributed by atoms with E-state index in [0.29, 0.717) is 11.0 Å². The Morgan fingerprint density at radius 3 is 2.68 bits per heavy atom. The second-order valence-electron chi connectivity index (χ2n) is 4.00. The van der Waals surface area contributed by atoms with Gasteiger partial charge >= 0.3 is 0 Å². The molecule has 0 bridgehead atoms. The molecule has 1 N–H and O–H groups in total. The largest absolute Gasteiger partial charge is 0.330 e. The molecule has 3 aromatic rings. The highest BCUT2D eigenvalue weighted by Crippen LogP contribution is 2.28. The number of aromatic amines is 1. The first-order valence-corrected chi connectivity index (χ1v) is 6.21. The Labute approximate surface area is 117 Å². The number of nitrogens with one attached hydrogen (secondary N) is 1. The average molecular weight is 297 g/mol. The number of H-pyrrole nitrogens is 1. The fraction of sp³-hybridized carbons (Fsp3) is 0. The lowest BCUT2D eigenvalue weighted by molar-refractivity contribution is 0.619. The summed E-state index contributed by atoms with van der Waals surface area (Å²) in [5.74, 6) is -0.885. The van der Waals surface area contributed by atoms with Crippen LogP contribution in [0, 0.1) is 16.4 Å². The van der Waals surface area contributed by atoms with Crippen molar-refractivity contribution in [3.05, 3.63) is 57.8 Å². The maximum atomic E-state index is 14.0. The van der Waals surface area contributed by atoms with Gasteiger partial charge in [-0.3, -0.25) is 4.57 Å². The predicted molar refractivity (Wildman–Crippen MR) is 73.4 cm³/mol. The number of nitrogens with zero attached hydrogens (tertiary/aromatic N) is 1. The average Bonchev–Trinajstić information content (AvgIpc) is 2.65. The molecule has 0 atom stereocenters. The van der Waals surface area contributed by atoms with E-state index in [2.05, 4.69) is 4.98 Å². The summed E-state index contributed by atoms with van der Waals surface area (Å²) in [5, 5.41) is 0.237. The number of hydrogen-bond acceptors (Lipinski definition) is 1. The maximum Gasteiger partial charge on any atom is 0.182 e. The van der Waals surface area contributed by atoms with E-state index in [1.807, 2.05) is 0 Å². The molecule has 0 radical (unpaired) electrons. The molecule has 0 fully saturated rings. The van der Waals surface area contributed by atoms with Crippen LogP contribution < -0.4 is 0 Å². The number of hydrogen-bond donors (Lipinski definition) is 1. The third kappa shape index (κ3) is 1.95. The molecule has 2 aromatic carbocycles. The number of rotatable bonds is 1. The zero-order valence-corrected chi connectivity index (χ0v) is 11.0. The molecule has 3 rings (SSSR count). The lowest BCUT2D eigenvalue weighted by Crippen LogP contribution is -1.98. The molecule has 96 valence electrons. The number of para-hydroxylation sites is 1. The standard InChI is InChI=1S/C13H7ClF2N2S/c14-8-2-1-3-9(16)12(8)18-11-5-4-7(15)6-10(11)17-13(18)19/h1-6H,(H,17,19). The van der Waals surface area contributed by atoms with E-state index in [1.165, 1.54) is 34.9 Å². The van der Waals surface area contributed by atoms with Crippen LogP contribution in [0.5, 0.6) is 0 Å². The minimum absolute atomic E-state index is 0.159. The van der Waals surface area contributed by atoms with Crippen molar-refractivity contribution in [2.24, 2.45) is 0 Å². The summed E-state index contributed by atoms with van der Waals surface area (Å²) in [6, 6.07) is 8.50. The molecule has 0 saturated heterocycles. The number of imidazole rings is 1. The lowest BCUT2D eigenvalue weighted by atomic mass is 10.2. The Hall–Kier alpha value is -1.72. The monoisotopic (exact) mass is 296 g/mol. The van der Waals surface area contributed by atoms with Crippen molar-refractivity contribution in [2.75, 3.05) is 0 Å². The van der Waals surface area contributed by atoms with Crippen molar-refractivity contribution < 1.29 is 8.78 Å². The fourth-order valence-corrected chi connectivity index (χ4v) is 2.56. The second kappa shape index (κ2) is 4.43. The van der Waals surface area contributed by atoms with Gasteiger partial charge in [-0.05, 0) is 42.5 Å². The second-order valence-corrected chi connectivity index (χ2v) is 4.79. The van der Waals surface area contributed by atoms with Crippen molar-refractivity contribution in [3.8, 4) is 5.69 Å². The third-order valence-corrected chi connectivity index (χ3v) is 3.39. The molecule has 0 aliphatic rings. The van der Waals surface area contributed by atoms with Gasteiger partial charge in [-0.2, -0.15) is 0 Å². The zero-order chi connectivity index (χ0) is 13.6. The smallest absolute Gasteiger partial charge is 0.182 e. The van der Waals surface area contributed by atoms with Crippen LogP contribution in [0.15, 0.2) is 36.4 Å². The summed E-state index contributed by atoms with van der Waals surface area (Å²) >= 11 is 11.2. The summed E-state index contributed by atoms with van der Waals surface area (Å²) in [6.45, 7) is 0. The quantitative estimate of drug-likeness (QED) is 0.650. The Morgan fingerprint density at radius 2 is 1.95 bits per heavy atom. The van der Waals surface area contributed by atoms with Gasteiger partial charge in [0.1, 0.15) is 17.3 Å². The molecule has 0 saturated carbocycles. The maximum absolute atomic E-state index is 14.0. The van der Waals surface area contributed by atoms with E-state index < -0.39 is 11.6 Å². The molecule has 1 aromatic heterocycles. The molecule has 0 aliphatic heterocycles. The predicted octanol–water partition coefficient (Wildman–Crippen LogP) is 4.62. The minimum atomic E-state index is -0.492. The van der Waals surface area contributed by atoms with Gasteiger partial charge in [0, 0.05) is 0 Å². The number of aromatic nitrogens is 2. The van der Waals surface area contributed by atoms with Crippen LogP contribution in [0.1, 0.15) is 0 Å². The van der Waals surface area contributed by atoms with Gasteiger partial charge in [-0.15, -0.1) is 0 Å². The number of fused-ring (bicyclic) bond motifs is 1. The first-order valence-electron chi connectivity index (χ1n) is 5.42. The van der Waals surface area contributed by atoms with Crippen molar-refractivity contribution >= 4 is 34.9 Å². The fourth-order valence-electron chi connectivity index (χ4n) is 2.01. The van der Waals surface area contributed by atoms with Crippen molar-refractivity contribution in [2.45, 2.75) is 0 Å². The minimum Gasteiger partial charge on any atom is -0.330 e. The van der Waals surface area contributed by atoms with E-state index in [4.69, 9.17) is 23.8 Å². The first kappa shape index (κ1) is 12.3. The van der Waals surface area contributed by atoms with Crippen molar-refractivity contribution in [3.63, 3.8) is 0 Å². The summed E-state index contributed by atoms with van der Waals surface area (Å²) in [7, 11) is 0. The van der Waals surface area contributed by atoms with Gasteiger partial charge in [0.2, 0.25) is 0 Å². The van der Waals surface area contributed by atoms with Crippen LogP contribution in [-0.4, -0.2) is 9.55 Å². The number of benzene rings is 2. The van der Waals surface area contributed by atoms with E-state index in [0.717, 1.165) is 0 Å². The van der Waals surface area contributed by atoms with E-state index in [-0.39, 0.29) is 15.5 Å². The molecular weight excluding hydrogens is 290 g/mol. The highest BCUT2D eigenvalue weighted by molar-refractivity contribution is 7.71. The molecule has 1 heterocycles. The summed E-state index contributed by atoms with van der Waals surface area (Å²) in [6.07, 6.45) is 0. The summed E-state index contributed by atoms with van der Waals surface area (Å²) in [5.41, 5.74) is 1.22. The Bertz CT molecular complexity index is 818. The third-order valence-electron chi connectivity index (χ3n) is 2.81. The molecule has 2 nitrogen and oxygen atoms in total. The Kier molecular flexibility index (Phi) is 2.88. The molecule has 0 amide bonds. The SMILES string of the molecule is Fc1ccc2c(c1)[nH]c(=S)n2-c1c(F)cccc1Cl. The molecule has 0 spiro atoms. The van der Waals surface area contributed by atoms with Gasteiger partial charge in [0.15, 0.2) is 4.77 Å². The van der Waals surface area contributed by atoms with Crippen LogP contribution >= 0.6 is 23.8 Å². The Balaban J connectivity index is 2.43. The summed E-state index contributed by atoms with van der Waals surface area (Å²) < 4.78 is 28.9. The van der Waals surface area contributed by atoms with Gasteiger partial charge < -0.3 is 4.98 Å². The van der Waals surface area contributed by atoms with Crippen LogP contribution in [0.4, 0.5) is 8.78 Å². The van der Waals surface area contributed by atoms with Gasteiger partial charge in [0.05, 0.1) is 16.1 Å². The van der Waals surface area contributed by atoms with Crippen LogP contribution in [-0.2, 0) is 0 Å². The molecule has 19 heavy (non-hydrogen) atoms. The van der Waals surface area contributed by atoms with Gasteiger partial charge in [-0.25, -0.2) is 8.78 Å². The normalized spacial score (nSPS) is 11.1. The molecular formula is C13H7ClF2N2S. The Morgan fingerprint density at radius 1 is 1.16 bits per heavy atom. The van der Waals surface area contributed by atoms with Crippen LogP contribution in [0.3, 0.4) is 0 Å². The molecule has 0 unspecified atom stereocenters.